The van der Waals surface area contributed by atoms with Crippen LogP contribution in [0.4, 0.5) is 17.6 Å². The first-order valence-corrected chi connectivity index (χ1v) is 6.90. The number of halogens is 4. The second-order valence-electron chi connectivity index (χ2n) is 4.89. The van der Waals surface area contributed by atoms with E-state index < -0.39 is 30.9 Å². The van der Waals surface area contributed by atoms with Crippen molar-refractivity contribution in [3.05, 3.63) is 0 Å². The van der Waals surface area contributed by atoms with Crippen molar-refractivity contribution in [3.63, 3.8) is 0 Å². The van der Waals surface area contributed by atoms with Crippen LogP contribution in [-0.4, -0.2) is 50.2 Å². The first-order chi connectivity index (χ1) is 10.3. The van der Waals surface area contributed by atoms with E-state index in [9.17, 15) is 27.2 Å². The Morgan fingerprint density at radius 3 is 2.36 bits per heavy atom. The summed E-state index contributed by atoms with van der Waals surface area (Å²) < 4.78 is 62.8. The number of hydrogen-bond acceptors (Lipinski definition) is 5. The Morgan fingerprint density at radius 2 is 1.82 bits per heavy atom. The molecule has 22 heavy (non-hydrogen) atoms. The first kappa shape index (κ1) is 18.7. The van der Waals surface area contributed by atoms with Gasteiger partial charge in [-0.05, 0) is 19.3 Å². The molecule has 0 aromatic heterocycles. The summed E-state index contributed by atoms with van der Waals surface area (Å²) in [5.41, 5.74) is 0. The number of hydrogen-bond donors (Lipinski definition) is 0. The molecule has 0 spiro atoms. The highest BCUT2D eigenvalue weighted by molar-refractivity contribution is 5.72. The molecule has 1 rings (SSSR count). The van der Waals surface area contributed by atoms with E-state index >= 15 is 0 Å². The maximum Gasteiger partial charge on any atom is 0.340 e. The summed E-state index contributed by atoms with van der Waals surface area (Å²) in [6, 6.07) is 0. The summed E-state index contributed by atoms with van der Waals surface area (Å²) in [5.74, 6) is -5.97. The molecule has 1 aliphatic heterocycles. The van der Waals surface area contributed by atoms with E-state index in [1.165, 1.54) is 0 Å². The summed E-state index contributed by atoms with van der Waals surface area (Å²) in [4.78, 5) is 22.4. The third-order valence-electron chi connectivity index (χ3n) is 2.96. The van der Waals surface area contributed by atoms with Crippen LogP contribution in [0.1, 0.15) is 32.1 Å². The molecule has 0 aliphatic carbocycles. The van der Waals surface area contributed by atoms with Crippen LogP contribution in [0.2, 0.25) is 0 Å². The van der Waals surface area contributed by atoms with Gasteiger partial charge < -0.3 is 14.2 Å². The van der Waals surface area contributed by atoms with Crippen molar-refractivity contribution in [2.75, 3.05) is 19.8 Å². The normalized spacial score (nSPS) is 18.5. The van der Waals surface area contributed by atoms with Gasteiger partial charge in [0.25, 0.3) is 0 Å². The van der Waals surface area contributed by atoms with Gasteiger partial charge in [0, 0.05) is 19.4 Å². The minimum atomic E-state index is -4.37. The fourth-order valence-electron chi connectivity index (χ4n) is 1.72. The van der Waals surface area contributed by atoms with Crippen molar-refractivity contribution in [1.82, 2.24) is 0 Å². The van der Waals surface area contributed by atoms with Gasteiger partial charge in [-0.2, -0.15) is 8.78 Å². The zero-order valence-electron chi connectivity index (χ0n) is 11.9. The first-order valence-electron chi connectivity index (χ1n) is 6.90. The van der Waals surface area contributed by atoms with Crippen LogP contribution in [0.5, 0.6) is 0 Å². The molecular formula is C13H18F4O5. The van der Waals surface area contributed by atoms with Gasteiger partial charge in [-0.25, -0.2) is 8.78 Å². The molecule has 0 amide bonds. The van der Waals surface area contributed by atoms with E-state index in [0.717, 1.165) is 12.8 Å². The molecule has 1 saturated heterocycles. The Balaban J connectivity index is 2.07. The van der Waals surface area contributed by atoms with Gasteiger partial charge in [0.15, 0.2) is 6.61 Å². The van der Waals surface area contributed by atoms with E-state index in [2.05, 4.69) is 4.74 Å². The van der Waals surface area contributed by atoms with Gasteiger partial charge in [0.05, 0.1) is 6.10 Å². The Bertz CT molecular complexity index is 369. The van der Waals surface area contributed by atoms with Crippen LogP contribution in [0.3, 0.4) is 0 Å². The summed E-state index contributed by atoms with van der Waals surface area (Å²) in [6.07, 6.45) is -2.65. The molecule has 9 heteroatoms. The smallest absolute Gasteiger partial charge is 0.340 e. The Labute approximate surface area is 124 Å². The summed E-state index contributed by atoms with van der Waals surface area (Å²) >= 11 is 0. The second kappa shape index (κ2) is 8.92. The van der Waals surface area contributed by atoms with Gasteiger partial charge >= 0.3 is 24.3 Å². The third-order valence-corrected chi connectivity index (χ3v) is 2.96. The Hall–Kier alpha value is -1.38. The van der Waals surface area contributed by atoms with Gasteiger partial charge in [-0.1, -0.05) is 0 Å². The third kappa shape index (κ3) is 7.06. The molecule has 1 aliphatic rings. The van der Waals surface area contributed by atoms with Crippen LogP contribution < -0.4 is 0 Å². The molecule has 1 atom stereocenters. The number of rotatable bonds is 9. The molecule has 0 saturated carbocycles. The van der Waals surface area contributed by atoms with Crippen LogP contribution in [0.25, 0.3) is 0 Å². The fourth-order valence-corrected chi connectivity index (χ4v) is 1.72. The summed E-state index contributed by atoms with van der Waals surface area (Å²) in [7, 11) is 0. The van der Waals surface area contributed by atoms with Crippen molar-refractivity contribution in [3.8, 4) is 0 Å². The van der Waals surface area contributed by atoms with E-state index in [4.69, 9.17) is 9.47 Å². The predicted octanol–water partition coefficient (Wildman–Crippen LogP) is 2.32. The van der Waals surface area contributed by atoms with E-state index in [-0.39, 0.29) is 32.0 Å². The molecule has 5 nitrogen and oxygen atoms in total. The number of esters is 2. The van der Waals surface area contributed by atoms with E-state index in [1.54, 1.807) is 0 Å². The Morgan fingerprint density at radius 1 is 1.18 bits per heavy atom. The molecule has 0 N–H and O–H groups in total. The lowest BCUT2D eigenvalue weighted by Crippen LogP contribution is -2.33. The molecule has 1 fully saturated rings. The topological polar surface area (TPSA) is 61.8 Å². The fraction of sp³-hybridized carbons (Fsp3) is 0.846. The molecule has 0 aromatic carbocycles. The average molecular weight is 330 g/mol. The highest BCUT2D eigenvalue weighted by atomic mass is 19.3. The maximum atomic E-state index is 12.5. The van der Waals surface area contributed by atoms with Gasteiger partial charge in [-0.15, -0.1) is 0 Å². The van der Waals surface area contributed by atoms with Crippen molar-refractivity contribution in [1.29, 1.82) is 0 Å². The van der Waals surface area contributed by atoms with Gasteiger partial charge in [0.2, 0.25) is 0 Å². The zero-order valence-corrected chi connectivity index (χ0v) is 11.9. The number of carbonyl (C=O) groups is 2. The van der Waals surface area contributed by atoms with Crippen LogP contribution >= 0.6 is 0 Å². The van der Waals surface area contributed by atoms with Crippen molar-refractivity contribution in [2.45, 2.75) is 50.6 Å². The van der Waals surface area contributed by atoms with Crippen molar-refractivity contribution >= 4 is 11.9 Å². The largest absolute Gasteiger partial charge is 0.463 e. The zero-order chi connectivity index (χ0) is 16.6. The summed E-state index contributed by atoms with van der Waals surface area (Å²) in [6.45, 7) is -0.895. The highest BCUT2D eigenvalue weighted by Crippen LogP contribution is 2.23. The second-order valence-corrected chi connectivity index (χ2v) is 4.89. The SMILES string of the molecule is O=C(CCCC(=O)OCC(F)(F)C(F)F)OCC1CCCO1. The van der Waals surface area contributed by atoms with Crippen LogP contribution in [0.15, 0.2) is 0 Å². The minimum absolute atomic E-state index is 0.0312. The molecular weight excluding hydrogens is 312 g/mol. The quantitative estimate of drug-likeness (QED) is 0.480. The summed E-state index contributed by atoms with van der Waals surface area (Å²) in [5, 5.41) is 0. The molecule has 0 radical (unpaired) electrons. The van der Waals surface area contributed by atoms with Crippen LogP contribution in [-0.2, 0) is 23.8 Å². The molecule has 128 valence electrons. The lowest BCUT2D eigenvalue weighted by Gasteiger charge is -2.14. The predicted molar refractivity (Wildman–Crippen MR) is 65.7 cm³/mol. The lowest BCUT2D eigenvalue weighted by molar-refractivity contribution is -0.179. The van der Waals surface area contributed by atoms with Gasteiger partial charge in [0.1, 0.15) is 6.61 Å². The van der Waals surface area contributed by atoms with Crippen molar-refractivity contribution in [2.24, 2.45) is 0 Å². The standard InChI is InChI=1S/C13H18F4O5/c14-12(15)13(16,17)8-22-11(19)5-1-4-10(18)21-7-9-3-2-6-20-9/h9,12H,1-8H2. The van der Waals surface area contributed by atoms with E-state index in [0.29, 0.717) is 6.61 Å². The molecule has 0 aromatic rings. The molecule has 1 unspecified atom stereocenters. The molecule has 1 heterocycles. The maximum absolute atomic E-state index is 12.5. The monoisotopic (exact) mass is 330 g/mol. The average Bonchev–Trinajstić information content (AvgIpc) is 2.96. The van der Waals surface area contributed by atoms with E-state index in [1.807, 2.05) is 0 Å². The highest BCUT2D eigenvalue weighted by Gasteiger charge is 2.42. The Kier molecular flexibility index (Phi) is 7.57. The number of carbonyl (C=O) groups excluding carboxylic acids is 2. The van der Waals surface area contributed by atoms with Crippen LogP contribution in [0, 0.1) is 0 Å². The number of alkyl halides is 4. The number of ether oxygens (including phenoxy) is 3. The minimum Gasteiger partial charge on any atom is -0.463 e. The van der Waals surface area contributed by atoms with Crippen molar-refractivity contribution < 1.29 is 41.4 Å². The lowest BCUT2D eigenvalue weighted by atomic mass is 10.2. The molecule has 0 bridgehead atoms. The van der Waals surface area contributed by atoms with Gasteiger partial charge in [-0.3, -0.25) is 9.59 Å².